The number of amides is 1. The highest BCUT2D eigenvalue weighted by Gasteiger charge is 2.22. The van der Waals surface area contributed by atoms with E-state index in [9.17, 15) is 4.79 Å². The van der Waals surface area contributed by atoms with Gasteiger partial charge in [-0.05, 0) is 45.2 Å². The van der Waals surface area contributed by atoms with E-state index in [-0.39, 0.29) is 5.91 Å². The first-order valence-corrected chi connectivity index (χ1v) is 8.00. The van der Waals surface area contributed by atoms with Crippen molar-refractivity contribution in [2.45, 2.75) is 33.1 Å². The molecule has 0 atom stereocenters. The second-order valence-corrected chi connectivity index (χ2v) is 6.26. The highest BCUT2D eigenvalue weighted by molar-refractivity contribution is 7.09. The fourth-order valence-corrected chi connectivity index (χ4v) is 3.13. The molecule has 0 saturated carbocycles. The standard InChI is InChI=1S/C14H23N3OS/c1-3-8-17(9-12-4-6-15-7-5-12)14(18)13-10-19-11(2)16-13/h10,12,15H,3-9H2,1-2H3. The maximum atomic E-state index is 12.5. The number of aromatic nitrogens is 1. The number of hydrogen-bond acceptors (Lipinski definition) is 4. The summed E-state index contributed by atoms with van der Waals surface area (Å²) >= 11 is 1.55. The zero-order valence-electron chi connectivity index (χ0n) is 11.8. The van der Waals surface area contributed by atoms with Crippen LogP contribution < -0.4 is 5.32 Å². The Hall–Kier alpha value is -0.940. The average molecular weight is 281 g/mol. The maximum Gasteiger partial charge on any atom is 0.273 e. The van der Waals surface area contributed by atoms with Gasteiger partial charge in [-0.3, -0.25) is 4.79 Å². The van der Waals surface area contributed by atoms with Crippen LogP contribution in [0.2, 0.25) is 0 Å². The predicted molar refractivity (Wildman–Crippen MR) is 78.6 cm³/mol. The first-order valence-electron chi connectivity index (χ1n) is 7.12. The van der Waals surface area contributed by atoms with Gasteiger partial charge in [0.15, 0.2) is 0 Å². The van der Waals surface area contributed by atoms with Crippen LogP contribution in [0.25, 0.3) is 0 Å². The first-order chi connectivity index (χ1) is 9.20. The second-order valence-electron chi connectivity index (χ2n) is 5.20. The van der Waals surface area contributed by atoms with E-state index in [1.807, 2.05) is 17.2 Å². The molecule has 0 bridgehead atoms. The van der Waals surface area contributed by atoms with Crippen molar-refractivity contribution in [2.75, 3.05) is 26.2 Å². The van der Waals surface area contributed by atoms with Crippen LogP contribution >= 0.6 is 11.3 Å². The molecule has 0 aromatic carbocycles. The smallest absolute Gasteiger partial charge is 0.273 e. The van der Waals surface area contributed by atoms with E-state index in [2.05, 4.69) is 17.2 Å². The lowest BCUT2D eigenvalue weighted by atomic mass is 9.97. The first kappa shape index (κ1) is 14.5. The number of nitrogens with zero attached hydrogens (tertiary/aromatic N) is 2. The van der Waals surface area contributed by atoms with Gasteiger partial charge in [0.25, 0.3) is 5.91 Å². The molecule has 5 heteroatoms. The summed E-state index contributed by atoms with van der Waals surface area (Å²) in [4.78, 5) is 18.8. The Morgan fingerprint density at radius 3 is 2.84 bits per heavy atom. The summed E-state index contributed by atoms with van der Waals surface area (Å²) in [7, 11) is 0. The number of rotatable bonds is 5. The lowest BCUT2D eigenvalue weighted by Crippen LogP contribution is -2.39. The maximum absolute atomic E-state index is 12.5. The molecule has 2 rings (SSSR count). The van der Waals surface area contributed by atoms with Crippen molar-refractivity contribution in [3.63, 3.8) is 0 Å². The molecular formula is C14H23N3OS. The summed E-state index contributed by atoms with van der Waals surface area (Å²) in [5, 5.41) is 6.21. The van der Waals surface area contributed by atoms with Crippen molar-refractivity contribution in [2.24, 2.45) is 5.92 Å². The quantitative estimate of drug-likeness (QED) is 0.901. The van der Waals surface area contributed by atoms with Gasteiger partial charge >= 0.3 is 0 Å². The molecule has 1 aromatic rings. The molecule has 4 nitrogen and oxygen atoms in total. The van der Waals surface area contributed by atoms with Crippen LogP contribution in [0.1, 0.15) is 41.7 Å². The van der Waals surface area contributed by atoms with Crippen molar-refractivity contribution in [3.05, 3.63) is 16.1 Å². The van der Waals surface area contributed by atoms with Crippen molar-refractivity contribution in [3.8, 4) is 0 Å². The summed E-state index contributed by atoms with van der Waals surface area (Å²) in [5.41, 5.74) is 0.616. The van der Waals surface area contributed by atoms with Crippen molar-refractivity contribution in [1.82, 2.24) is 15.2 Å². The molecular weight excluding hydrogens is 258 g/mol. The Bertz CT molecular complexity index is 413. The topological polar surface area (TPSA) is 45.2 Å². The molecule has 0 spiro atoms. The van der Waals surface area contributed by atoms with Crippen LogP contribution in [0.5, 0.6) is 0 Å². The molecule has 1 N–H and O–H groups in total. The highest BCUT2D eigenvalue weighted by atomic mass is 32.1. The van der Waals surface area contributed by atoms with E-state index < -0.39 is 0 Å². The molecule has 2 heterocycles. The number of carbonyl (C=O) groups is 1. The van der Waals surface area contributed by atoms with Gasteiger partial charge in [-0.25, -0.2) is 4.98 Å². The van der Waals surface area contributed by atoms with E-state index >= 15 is 0 Å². The van der Waals surface area contributed by atoms with Crippen LogP contribution in [-0.2, 0) is 0 Å². The Morgan fingerprint density at radius 2 is 2.26 bits per heavy atom. The molecule has 106 valence electrons. The summed E-state index contributed by atoms with van der Waals surface area (Å²) in [5.74, 6) is 0.737. The molecule has 19 heavy (non-hydrogen) atoms. The molecule has 0 radical (unpaired) electrons. The minimum absolute atomic E-state index is 0.102. The third-order valence-electron chi connectivity index (χ3n) is 3.56. The van der Waals surface area contributed by atoms with Crippen molar-refractivity contribution < 1.29 is 4.79 Å². The van der Waals surface area contributed by atoms with Crippen molar-refractivity contribution >= 4 is 17.2 Å². The molecule has 1 saturated heterocycles. The molecule has 0 aliphatic carbocycles. The van der Waals surface area contributed by atoms with Crippen molar-refractivity contribution in [1.29, 1.82) is 0 Å². The van der Waals surface area contributed by atoms with Crippen LogP contribution in [0.4, 0.5) is 0 Å². The largest absolute Gasteiger partial charge is 0.337 e. The normalized spacial score (nSPS) is 16.5. The lowest BCUT2D eigenvalue weighted by molar-refractivity contribution is 0.0711. The van der Waals surface area contributed by atoms with Gasteiger partial charge in [0, 0.05) is 18.5 Å². The zero-order valence-corrected chi connectivity index (χ0v) is 12.6. The molecule has 1 aromatic heterocycles. The molecule has 1 amide bonds. The summed E-state index contributed by atoms with van der Waals surface area (Å²) in [6.45, 7) is 7.93. The van der Waals surface area contributed by atoms with Gasteiger partial charge in [-0.2, -0.15) is 0 Å². The summed E-state index contributed by atoms with van der Waals surface area (Å²) < 4.78 is 0. The number of aryl methyl sites for hydroxylation is 1. The van der Waals surface area contributed by atoms with Gasteiger partial charge < -0.3 is 10.2 Å². The summed E-state index contributed by atoms with van der Waals surface area (Å²) in [6.07, 6.45) is 3.34. The number of piperidine rings is 1. The Balaban J connectivity index is 1.99. The molecule has 1 aliphatic rings. The van der Waals surface area contributed by atoms with E-state index in [0.29, 0.717) is 11.6 Å². The van der Waals surface area contributed by atoms with Gasteiger partial charge in [0.2, 0.25) is 0 Å². The lowest BCUT2D eigenvalue weighted by Gasteiger charge is -2.29. The minimum atomic E-state index is 0.102. The monoisotopic (exact) mass is 281 g/mol. The van der Waals surface area contributed by atoms with E-state index in [1.54, 1.807) is 11.3 Å². The zero-order chi connectivity index (χ0) is 13.7. The fraction of sp³-hybridized carbons (Fsp3) is 0.714. The van der Waals surface area contributed by atoms with Gasteiger partial charge in [0.1, 0.15) is 5.69 Å². The minimum Gasteiger partial charge on any atom is -0.337 e. The van der Waals surface area contributed by atoms with Gasteiger partial charge in [0.05, 0.1) is 5.01 Å². The Labute approximate surface area is 119 Å². The van der Waals surface area contributed by atoms with Crippen LogP contribution in [-0.4, -0.2) is 42.0 Å². The van der Waals surface area contributed by atoms with E-state index in [4.69, 9.17) is 0 Å². The van der Waals surface area contributed by atoms with E-state index in [1.165, 1.54) is 12.8 Å². The Morgan fingerprint density at radius 1 is 1.53 bits per heavy atom. The molecule has 0 unspecified atom stereocenters. The Kier molecular flexibility index (Phi) is 5.34. The summed E-state index contributed by atoms with van der Waals surface area (Å²) in [6, 6.07) is 0. The van der Waals surface area contributed by atoms with Crippen LogP contribution in [0, 0.1) is 12.8 Å². The molecule has 1 aliphatic heterocycles. The number of carbonyl (C=O) groups excluding carboxylic acids is 1. The average Bonchev–Trinajstić information content (AvgIpc) is 2.85. The molecule has 1 fully saturated rings. The third-order valence-corrected chi connectivity index (χ3v) is 4.33. The van der Waals surface area contributed by atoms with Gasteiger partial charge in [-0.15, -0.1) is 11.3 Å². The SMILES string of the molecule is CCCN(CC1CCNCC1)C(=O)c1csc(C)n1. The number of hydrogen-bond donors (Lipinski definition) is 1. The fourth-order valence-electron chi connectivity index (χ4n) is 2.55. The van der Waals surface area contributed by atoms with Crippen LogP contribution in [0.15, 0.2) is 5.38 Å². The van der Waals surface area contributed by atoms with Gasteiger partial charge in [-0.1, -0.05) is 6.92 Å². The predicted octanol–water partition coefficient (Wildman–Crippen LogP) is 2.30. The third kappa shape index (κ3) is 4.01. The second kappa shape index (κ2) is 7.01. The number of thiazole rings is 1. The van der Waals surface area contributed by atoms with E-state index in [0.717, 1.165) is 37.6 Å². The highest BCUT2D eigenvalue weighted by Crippen LogP contribution is 2.17. The number of nitrogens with one attached hydrogen (secondary N) is 1. The van der Waals surface area contributed by atoms with Crippen LogP contribution in [0.3, 0.4) is 0 Å².